The maximum Gasteiger partial charge on any atom is 0.126 e. The number of aryl methyl sites for hydroxylation is 1. The van der Waals surface area contributed by atoms with Crippen LogP contribution >= 0.6 is 0 Å². The van der Waals surface area contributed by atoms with Crippen molar-refractivity contribution < 1.29 is 4.74 Å². The highest BCUT2D eigenvalue weighted by Crippen LogP contribution is 2.36. The highest BCUT2D eigenvalue weighted by Gasteiger charge is 2.17. The smallest absolute Gasteiger partial charge is 0.126 e. The summed E-state index contributed by atoms with van der Waals surface area (Å²) in [6.07, 6.45) is 1.31. The molecule has 0 saturated heterocycles. The maximum absolute atomic E-state index is 6.10. The molecule has 102 valence electrons. The molecule has 0 fully saturated rings. The van der Waals surface area contributed by atoms with Crippen molar-refractivity contribution in [1.29, 1.82) is 0 Å². The fourth-order valence-corrected chi connectivity index (χ4v) is 2.17. The Labute approximate surface area is 113 Å². The minimum absolute atomic E-state index is 0.229. The number of hydrogen-bond acceptors (Lipinski definition) is 1. The Morgan fingerprint density at radius 1 is 0.889 bits per heavy atom. The summed E-state index contributed by atoms with van der Waals surface area (Å²) in [5.74, 6) is 2.12. The molecule has 0 atom stereocenters. The van der Waals surface area contributed by atoms with E-state index in [9.17, 15) is 0 Å². The van der Waals surface area contributed by atoms with Gasteiger partial charge >= 0.3 is 0 Å². The van der Waals surface area contributed by atoms with Gasteiger partial charge in [0.15, 0.2) is 0 Å². The third-order valence-electron chi connectivity index (χ3n) is 3.21. The summed E-state index contributed by atoms with van der Waals surface area (Å²) in [5, 5.41) is 0. The SMILES string of the molecule is CCc1cc(C(C)C)c(OC(C)C)c(C(C)C)c1. The predicted octanol–water partition coefficient (Wildman–Crippen LogP) is 5.28. The summed E-state index contributed by atoms with van der Waals surface area (Å²) in [7, 11) is 0. The lowest BCUT2D eigenvalue weighted by Gasteiger charge is -2.23. The quantitative estimate of drug-likeness (QED) is 0.688. The van der Waals surface area contributed by atoms with Gasteiger partial charge in [0.1, 0.15) is 5.75 Å². The number of benzene rings is 1. The first-order valence-electron chi connectivity index (χ1n) is 7.20. The highest BCUT2D eigenvalue weighted by molar-refractivity contribution is 5.48. The second-order valence-corrected chi connectivity index (χ2v) is 5.93. The summed E-state index contributed by atoms with van der Waals surface area (Å²) in [6, 6.07) is 4.63. The minimum Gasteiger partial charge on any atom is -0.490 e. The second-order valence-electron chi connectivity index (χ2n) is 5.93. The van der Waals surface area contributed by atoms with Gasteiger partial charge in [-0.3, -0.25) is 0 Å². The van der Waals surface area contributed by atoms with Crippen molar-refractivity contribution in [3.8, 4) is 5.75 Å². The zero-order valence-electron chi connectivity index (χ0n) is 13.0. The number of rotatable bonds is 5. The average Bonchev–Trinajstić information content (AvgIpc) is 2.27. The zero-order chi connectivity index (χ0) is 13.9. The van der Waals surface area contributed by atoms with Crippen molar-refractivity contribution in [1.82, 2.24) is 0 Å². The molecule has 0 bridgehead atoms. The standard InChI is InChI=1S/C17H28O/c1-8-14-9-15(11(2)3)17(18-13(6)7)16(10-14)12(4)5/h9-13H,8H2,1-7H3. The number of ether oxygens (including phenoxy) is 1. The van der Waals surface area contributed by atoms with Crippen LogP contribution < -0.4 is 4.74 Å². The van der Waals surface area contributed by atoms with E-state index in [0.29, 0.717) is 11.8 Å². The van der Waals surface area contributed by atoms with Crippen molar-refractivity contribution in [2.24, 2.45) is 0 Å². The first-order chi connectivity index (χ1) is 8.36. The second kappa shape index (κ2) is 6.26. The van der Waals surface area contributed by atoms with E-state index < -0.39 is 0 Å². The van der Waals surface area contributed by atoms with Crippen LogP contribution in [-0.4, -0.2) is 6.10 Å². The lowest BCUT2D eigenvalue weighted by Crippen LogP contribution is -2.11. The van der Waals surface area contributed by atoms with Gasteiger partial charge in [-0.2, -0.15) is 0 Å². The van der Waals surface area contributed by atoms with E-state index in [1.165, 1.54) is 16.7 Å². The van der Waals surface area contributed by atoms with E-state index in [-0.39, 0.29) is 6.10 Å². The van der Waals surface area contributed by atoms with Crippen LogP contribution in [0.15, 0.2) is 12.1 Å². The summed E-state index contributed by atoms with van der Waals surface area (Å²) < 4.78 is 6.10. The molecule has 0 aliphatic heterocycles. The normalized spacial score (nSPS) is 11.7. The van der Waals surface area contributed by atoms with Crippen molar-refractivity contribution in [3.05, 3.63) is 28.8 Å². The van der Waals surface area contributed by atoms with Gasteiger partial charge in [-0.1, -0.05) is 46.8 Å². The van der Waals surface area contributed by atoms with Gasteiger partial charge in [-0.15, -0.1) is 0 Å². The molecule has 1 aromatic carbocycles. The third-order valence-corrected chi connectivity index (χ3v) is 3.21. The largest absolute Gasteiger partial charge is 0.490 e. The van der Waals surface area contributed by atoms with Gasteiger partial charge in [-0.05, 0) is 48.8 Å². The monoisotopic (exact) mass is 248 g/mol. The molecule has 18 heavy (non-hydrogen) atoms. The molecule has 0 spiro atoms. The molecule has 0 N–H and O–H groups in total. The molecular weight excluding hydrogens is 220 g/mol. The summed E-state index contributed by atoms with van der Waals surface area (Å²) >= 11 is 0. The molecule has 1 rings (SSSR count). The Morgan fingerprint density at radius 3 is 1.61 bits per heavy atom. The van der Waals surface area contributed by atoms with Crippen molar-refractivity contribution >= 4 is 0 Å². The van der Waals surface area contributed by atoms with Crippen LogP contribution in [-0.2, 0) is 6.42 Å². The molecule has 0 aromatic heterocycles. The van der Waals surface area contributed by atoms with Crippen LogP contribution in [0.5, 0.6) is 5.75 Å². The van der Waals surface area contributed by atoms with E-state index in [1.807, 2.05) is 0 Å². The Hall–Kier alpha value is -0.980. The van der Waals surface area contributed by atoms with E-state index >= 15 is 0 Å². The average molecular weight is 248 g/mol. The van der Waals surface area contributed by atoms with Crippen LogP contribution in [0, 0.1) is 0 Å². The Morgan fingerprint density at radius 2 is 1.33 bits per heavy atom. The molecule has 0 heterocycles. The molecule has 0 amide bonds. The fraction of sp³-hybridized carbons (Fsp3) is 0.647. The van der Waals surface area contributed by atoms with Crippen molar-refractivity contribution in [2.45, 2.75) is 72.8 Å². The summed E-state index contributed by atoms with van der Waals surface area (Å²) in [4.78, 5) is 0. The van der Waals surface area contributed by atoms with Gasteiger partial charge in [0.05, 0.1) is 6.10 Å². The Bertz CT molecular complexity index is 360. The van der Waals surface area contributed by atoms with Crippen LogP contribution in [0.2, 0.25) is 0 Å². The van der Waals surface area contributed by atoms with E-state index in [4.69, 9.17) is 4.74 Å². The van der Waals surface area contributed by atoms with E-state index in [0.717, 1.165) is 12.2 Å². The minimum atomic E-state index is 0.229. The van der Waals surface area contributed by atoms with Gasteiger partial charge in [-0.25, -0.2) is 0 Å². The van der Waals surface area contributed by atoms with Gasteiger partial charge in [0.2, 0.25) is 0 Å². The number of hydrogen-bond donors (Lipinski definition) is 0. The first kappa shape index (κ1) is 15.1. The highest BCUT2D eigenvalue weighted by atomic mass is 16.5. The van der Waals surface area contributed by atoms with Gasteiger partial charge in [0, 0.05) is 0 Å². The van der Waals surface area contributed by atoms with E-state index in [1.54, 1.807) is 0 Å². The van der Waals surface area contributed by atoms with Crippen molar-refractivity contribution in [3.63, 3.8) is 0 Å². The van der Waals surface area contributed by atoms with Crippen LogP contribution in [0.3, 0.4) is 0 Å². The van der Waals surface area contributed by atoms with Gasteiger partial charge in [0.25, 0.3) is 0 Å². The molecule has 0 radical (unpaired) electrons. The first-order valence-corrected chi connectivity index (χ1v) is 7.20. The topological polar surface area (TPSA) is 9.23 Å². The van der Waals surface area contributed by atoms with Crippen LogP contribution in [0.25, 0.3) is 0 Å². The lowest BCUT2D eigenvalue weighted by atomic mass is 9.90. The Balaban J connectivity index is 3.40. The molecule has 0 unspecified atom stereocenters. The predicted molar refractivity (Wildman–Crippen MR) is 79.8 cm³/mol. The third kappa shape index (κ3) is 3.51. The van der Waals surface area contributed by atoms with Crippen LogP contribution in [0.4, 0.5) is 0 Å². The fourth-order valence-electron chi connectivity index (χ4n) is 2.17. The summed E-state index contributed by atoms with van der Waals surface area (Å²) in [6.45, 7) is 15.4. The molecule has 0 aliphatic carbocycles. The lowest BCUT2D eigenvalue weighted by molar-refractivity contribution is 0.236. The van der Waals surface area contributed by atoms with E-state index in [2.05, 4.69) is 60.6 Å². The van der Waals surface area contributed by atoms with Crippen LogP contribution in [0.1, 0.15) is 77.0 Å². The molecule has 0 aliphatic rings. The van der Waals surface area contributed by atoms with Crippen molar-refractivity contribution in [2.75, 3.05) is 0 Å². The van der Waals surface area contributed by atoms with Gasteiger partial charge < -0.3 is 4.74 Å². The maximum atomic E-state index is 6.10. The summed E-state index contributed by atoms with van der Waals surface area (Å²) in [5.41, 5.74) is 4.12. The molecule has 1 heteroatoms. The zero-order valence-corrected chi connectivity index (χ0v) is 13.0. The molecule has 1 aromatic rings. The Kier molecular flexibility index (Phi) is 5.25. The molecule has 1 nitrogen and oxygen atoms in total. The molecular formula is C17H28O. The molecule has 0 saturated carbocycles.